The zero-order valence-corrected chi connectivity index (χ0v) is 15.4. The van der Waals surface area contributed by atoms with Crippen LogP contribution < -0.4 is 10.1 Å². The molecule has 6 nitrogen and oxygen atoms in total. The predicted octanol–water partition coefficient (Wildman–Crippen LogP) is 3.73. The molecule has 0 unspecified atom stereocenters. The lowest BCUT2D eigenvalue weighted by atomic mass is 9.97. The van der Waals surface area contributed by atoms with Crippen LogP contribution in [-0.4, -0.2) is 40.2 Å². The fourth-order valence-corrected chi connectivity index (χ4v) is 2.93. The molecule has 2 amide bonds. The number of piperidine rings is 1. The van der Waals surface area contributed by atoms with E-state index in [1.54, 1.807) is 23.2 Å². The minimum absolute atomic E-state index is 0.0846. The third-order valence-corrected chi connectivity index (χ3v) is 4.84. The summed E-state index contributed by atoms with van der Waals surface area (Å²) in [5.74, 6) is 1.29. The fourth-order valence-electron chi connectivity index (χ4n) is 2.93. The number of aliphatic hydroxyl groups excluding tert-OH is 1. The number of aliphatic hydroxyl groups is 1. The molecule has 0 saturated carbocycles. The van der Waals surface area contributed by atoms with Gasteiger partial charge in [0.15, 0.2) is 0 Å². The highest BCUT2D eigenvalue weighted by atomic mass is 16.5. The lowest BCUT2D eigenvalue weighted by Crippen LogP contribution is -2.46. The number of urea groups is 1. The van der Waals surface area contributed by atoms with Crippen LogP contribution in [0.5, 0.6) is 11.6 Å². The molecule has 2 heterocycles. The van der Waals surface area contributed by atoms with Crippen molar-refractivity contribution in [1.82, 2.24) is 9.88 Å². The Kier molecular flexibility index (Phi) is 5.42. The lowest BCUT2D eigenvalue weighted by Gasteiger charge is -2.34. The molecule has 1 fully saturated rings. The third kappa shape index (κ3) is 4.32. The molecule has 138 valence electrons. The van der Waals surface area contributed by atoms with Gasteiger partial charge in [-0.3, -0.25) is 0 Å². The molecular formula is C20H25N3O3. The first kappa shape index (κ1) is 18.2. The van der Waals surface area contributed by atoms with Gasteiger partial charge in [0.25, 0.3) is 0 Å². The number of anilines is 1. The van der Waals surface area contributed by atoms with Gasteiger partial charge in [-0.1, -0.05) is 13.0 Å². The number of aryl methyl sites for hydroxylation is 2. The van der Waals surface area contributed by atoms with Crippen LogP contribution >= 0.6 is 0 Å². The van der Waals surface area contributed by atoms with Crippen LogP contribution in [0.25, 0.3) is 0 Å². The average molecular weight is 355 g/mol. The molecule has 2 N–H and O–H groups in total. The fraction of sp³-hybridized carbons (Fsp3) is 0.400. The van der Waals surface area contributed by atoms with Crippen molar-refractivity contribution in [1.29, 1.82) is 0 Å². The van der Waals surface area contributed by atoms with E-state index in [0.717, 1.165) is 11.3 Å². The van der Waals surface area contributed by atoms with E-state index in [1.165, 1.54) is 5.56 Å². The topological polar surface area (TPSA) is 74.7 Å². The van der Waals surface area contributed by atoms with E-state index in [-0.39, 0.29) is 18.1 Å². The number of likely N-dealkylation sites (tertiary alicyclic amines) is 1. The van der Waals surface area contributed by atoms with Crippen LogP contribution in [0, 0.1) is 19.8 Å². The van der Waals surface area contributed by atoms with Crippen LogP contribution in [0.1, 0.15) is 24.5 Å². The summed E-state index contributed by atoms with van der Waals surface area (Å²) < 4.78 is 5.75. The van der Waals surface area contributed by atoms with Crippen LogP contribution in [0.15, 0.2) is 36.5 Å². The molecule has 1 aliphatic rings. The van der Waals surface area contributed by atoms with Gasteiger partial charge in [-0.15, -0.1) is 0 Å². The zero-order chi connectivity index (χ0) is 18.7. The van der Waals surface area contributed by atoms with Crippen molar-refractivity contribution < 1.29 is 14.6 Å². The molecule has 0 spiro atoms. The zero-order valence-electron chi connectivity index (χ0n) is 15.4. The van der Waals surface area contributed by atoms with E-state index in [2.05, 4.69) is 17.2 Å². The average Bonchev–Trinajstić information content (AvgIpc) is 2.62. The number of nitrogens with zero attached hydrogens (tertiary/aromatic N) is 2. The Morgan fingerprint density at radius 2 is 2.08 bits per heavy atom. The number of carbonyl (C=O) groups is 1. The SMILES string of the molecule is Cc1ccc(Oc2ccc(NC(=O)N3CC[C@@H](O)[C@H](C)C3)cn2)cc1C. The number of carbonyl (C=O) groups excluding carboxylic acids is 1. The summed E-state index contributed by atoms with van der Waals surface area (Å²) in [4.78, 5) is 18.3. The number of nitrogens with one attached hydrogen (secondary N) is 1. The van der Waals surface area contributed by atoms with Crippen LogP contribution in [0.4, 0.5) is 10.5 Å². The Labute approximate surface area is 153 Å². The molecule has 3 rings (SSSR count). The van der Waals surface area contributed by atoms with Gasteiger partial charge in [0, 0.05) is 19.2 Å². The van der Waals surface area contributed by atoms with Crippen molar-refractivity contribution in [2.24, 2.45) is 5.92 Å². The standard InChI is InChI=1S/C20H25N3O3/c1-13-4-6-17(10-14(13)2)26-19-7-5-16(11-21-19)22-20(25)23-9-8-18(24)15(3)12-23/h4-7,10-11,15,18,24H,8-9,12H2,1-3H3,(H,22,25)/t15-,18-/m1/s1. The molecule has 0 radical (unpaired) electrons. The molecule has 2 aromatic rings. The van der Waals surface area contributed by atoms with Crippen molar-refractivity contribution in [3.63, 3.8) is 0 Å². The third-order valence-electron chi connectivity index (χ3n) is 4.84. The molecule has 0 bridgehead atoms. The number of hydrogen-bond donors (Lipinski definition) is 2. The van der Waals surface area contributed by atoms with Gasteiger partial charge in [-0.25, -0.2) is 9.78 Å². The Balaban J connectivity index is 1.59. The number of pyridine rings is 1. The Bertz CT molecular complexity index is 776. The van der Waals surface area contributed by atoms with Gasteiger partial charge in [0.1, 0.15) is 5.75 Å². The minimum atomic E-state index is -0.331. The first-order valence-electron chi connectivity index (χ1n) is 8.87. The second-order valence-electron chi connectivity index (χ2n) is 6.94. The van der Waals surface area contributed by atoms with E-state index in [9.17, 15) is 9.90 Å². The molecule has 0 aliphatic carbocycles. The highest BCUT2D eigenvalue weighted by molar-refractivity contribution is 5.89. The number of rotatable bonds is 3. The van der Waals surface area contributed by atoms with Gasteiger partial charge in [0.2, 0.25) is 5.88 Å². The maximum atomic E-state index is 12.3. The minimum Gasteiger partial charge on any atom is -0.439 e. The summed E-state index contributed by atoms with van der Waals surface area (Å²) in [5, 5.41) is 12.6. The summed E-state index contributed by atoms with van der Waals surface area (Å²) in [5.41, 5.74) is 2.98. The van der Waals surface area contributed by atoms with Crippen molar-refractivity contribution in [2.75, 3.05) is 18.4 Å². The summed E-state index contributed by atoms with van der Waals surface area (Å²) >= 11 is 0. The van der Waals surface area contributed by atoms with Gasteiger partial charge in [-0.05, 0) is 55.5 Å². The molecule has 26 heavy (non-hydrogen) atoms. The van der Waals surface area contributed by atoms with Gasteiger partial charge in [-0.2, -0.15) is 0 Å². The number of benzene rings is 1. The van der Waals surface area contributed by atoms with E-state index in [0.29, 0.717) is 31.1 Å². The molecule has 1 aliphatic heterocycles. The van der Waals surface area contributed by atoms with E-state index < -0.39 is 0 Å². The Hall–Kier alpha value is -2.60. The molecule has 2 atom stereocenters. The lowest BCUT2D eigenvalue weighted by molar-refractivity contribution is 0.0506. The number of amides is 2. The number of ether oxygens (including phenoxy) is 1. The van der Waals surface area contributed by atoms with Crippen molar-refractivity contribution in [3.05, 3.63) is 47.7 Å². The molecule has 1 aromatic heterocycles. The van der Waals surface area contributed by atoms with Gasteiger partial charge >= 0.3 is 6.03 Å². The maximum absolute atomic E-state index is 12.3. The summed E-state index contributed by atoms with van der Waals surface area (Å²) in [6.45, 7) is 7.14. The van der Waals surface area contributed by atoms with Crippen molar-refractivity contribution in [2.45, 2.75) is 33.3 Å². The number of hydrogen-bond acceptors (Lipinski definition) is 4. The quantitative estimate of drug-likeness (QED) is 0.880. The molecule has 6 heteroatoms. The second-order valence-corrected chi connectivity index (χ2v) is 6.94. The second kappa shape index (κ2) is 7.74. The van der Waals surface area contributed by atoms with Crippen LogP contribution in [0.2, 0.25) is 0 Å². The van der Waals surface area contributed by atoms with E-state index in [4.69, 9.17) is 4.74 Å². The molecule has 1 saturated heterocycles. The highest BCUT2D eigenvalue weighted by Gasteiger charge is 2.27. The maximum Gasteiger partial charge on any atom is 0.321 e. The van der Waals surface area contributed by atoms with Crippen LogP contribution in [-0.2, 0) is 0 Å². The van der Waals surface area contributed by atoms with E-state index in [1.807, 2.05) is 32.0 Å². The normalized spacial score (nSPS) is 19.9. The van der Waals surface area contributed by atoms with E-state index >= 15 is 0 Å². The predicted molar refractivity (Wildman–Crippen MR) is 101 cm³/mol. The first-order valence-corrected chi connectivity index (χ1v) is 8.87. The summed E-state index contributed by atoms with van der Waals surface area (Å²) in [6, 6.07) is 9.21. The Morgan fingerprint density at radius 1 is 1.27 bits per heavy atom. The monoisotopic (exact) mass is 355 g/mol. The van der Waals surface area contributed by atoms with Crippen molar-refractivity contribution in [3.8, 4) is 11.6 Å². The highest BCUT2D eigenvalue weighted by Crippen LogP contribution is 2.23. The molecular weight excluding hydrogens is 330 g/mol. The Morgan fingerprint density at radius 3 is 2.73 bits per heavy atom. The van der Waals surface area contributed by atoms with Gasteiger partial charge in [0.05, 0.1) is 18.0 Å². The molecule has 1 aromatic carbocycles. The van der Waals surface area contributed by atoms with Crippen molar-refractivity contribution >= 4 is 11.7 Å². The van der Waals surface area contributed by atoms with Gasteiger partial charge < -0.3 is 20.1 Å². The van der Waals surface area contributed by atoms with Crippen LogP contribution in [0.3, 0.4) is 0 Å². The summed E-state index contributed by atoms with van der Waals surface area (Å²) in [6.07, 6.45) is 1.86. The number of aromatic nitrogens is 1. The first-order chi connectivity index (χ1) is 12.4. The largest absolute Gasteiger partial charge is 0.439 e. The smallest absolute Gasteiger partial charge is 0.321 e. The summed E-state index contributed by atoms with van der Waals surface area (Å²) in [7, 11) is 0.